The number of ether oxygens (including phenoxy) is 1. The van der Waals surface area contributed by atoms with Gasteiger partial charge in [-0.05, 0) is 38.1 Å². The van der Waals surface area contributed by atoms with Crippen molar-refractivity contribution in [2.45, 2.75) is 19.8 Å². The molecule has 0 aliphatic carbocycles. The number of anilines is 1. The van der Waals surface area contributed by atoms with Crippen LogP contribution in [0.25, 0.3) is 0 Å². The van der Waals surface area contributed by atoms with Crippen LogP contribution in [0, 0.1) is 5.82 Å². The topological polar surface area (TPSA) is 67.4 Å². The quantitative estimate of drug-likeness (QED) is 0.684. The maximum atomic E-state index is 13.5. The Hall–Kier alpha value is -1.34. The van der Waals surface area contributed by atoms with Crippen LogP contribution in [-0.2, 0) is 10.0 Å². The van der Waals surface area contributed by atoms with E-state index in [0.717, 1.165) is 13.0 Å². The van der Waals surface area contributed by atoms with Gasteiger partial charge in [0, 0.05) is 6.07 Å². The minimum absolute atomic E-state index is 0.0552. The van der Waals surface area contributed by atoms with E-state index in [1.807, 2.05) is 6.92 Å². The predicted octanol–water partition coefficient (Wildman–Crippen LogP) is 1.97. The molecule has 1 aromatic rings. The lowest BCUT2D eigenvalue weighted by Gasteiger charge is -2.10. The zero-order valence-electron chi connectivity index (χ0n) is 11.8. The molecule has 0 aliphatic heterocycles. The molecule has 0 heterocycles. The molecule has 5 nitrogen and oxygen atoms in total. The molecular formula is C13H21FN2O3S. The lowest BCUT2D eigenvalue weighted by atomic mass is 10.3. The van der Waals surface area contributed by atoms with Gasteiger partial charge in [-0.3, -0.25) is 4.72 Å². The second-order valence-electron chi connectivity index (χ2n) is 4.37. The minimum Gasteiger partial charge on any atom is -0.497 e. The predicted molar refractivity (Wildman–Crippen MR) is 78.1 cm³/mol. The molecule has 0 saturated carbocycles. The van der Waals surface area contributed by atoms with Crippen LogP contribution in [0.1, 0.15) is 19.8 Å². The standard InChI is InChI=1S/C13H21FN2O3S/c1-3-7-15-8-4-9-20(17,18)16-13-10-11(19-2)5-6-12(13)14/h5-6,10,15-16H,3-4,7-9H2,1-2H3. The van der Waals surface area contributed by atoms with Crippen LogP contribution in [0.4, 0.5) is 10.1 Å². The number of benzene rings is 1. The smallest absolute Gasteiger partial charge is 0.232 e. The molecule has 0 aliphatic rings. The van der Waals surface area contributed by atoms with Crippen molar-refractivity contribution >= 4 is 15.7 Å². The molecular weight excluding hydrogens is 283 g/mol. The molecule has 0 spiro atoms. The molecule has 0 fully saturated rings. The Morgan fingerprint density at radius 3 is 2.70 bits per heavy atom. The van der Waals surface area contributed by atoms with Crippen molar-refractivity contribution in [3.63, 3.8) is 0 Å². The lowest BCUT2D eigenvalue weighted by molar-refractivity contribution is 0.414. The van der Waals surface area contributed by atoms with E-state index in [-0.39, 0.29) is 11.4 Å². The molecule has 114 valence electrons. The third-order valence-electron chi connectivity index (χ3n) is 2.63. The summed E-state index contributed by atoms with van der Waals surface area (Å²) in [7, 11) is -2.12. The van der Waals surface area contributed by atoms with Crippen LogP contribution < -0.4 is 14.8 Å². The Kier molecular flexibility index (Phi) is 6.74. The van der Waals surface area contributed by atoms with Gasteiger partial charge in [-0.15, -0.1) is 0 Å². The highest BCUT2D eigenvalue weighted by atomic mass is 32.2. The third kappa shape index (κ3) is 5.75. The number of rotatable bonds is 9. The van der Waals surface area contributed by atoms with Crippen molar-refractivity contribution < 1.29 is 17.5 Å². The van der Waals surface area contributed by atoms with Gasteiger partial charge < -0.3 is 10.1 Å². The molecule has 0 saturated heterocycles. The van der Waals surface area contributed by atoms with Gasteiger partial charge in [0.1, 0.15) is 11.6 Å². The highest BCUT2D eigenvalue weighted by Crippen LogP contribution is 2.22. The highest BCUT2D eigenvalue weighted by Gasteiger charge is 2.13. The lowest BCUT2D eigenvalue weighted by Crippen LogP contribution is -2.22. The molecule has 2 N–H and O–H groups in total. The van der Waals surface area contributed by atoms with Crippen molar-refractivity contribution in [1.82, 2.24) is 5.32 Å². The van der Waals surface area contributed by atoms with E-state index in [1.54, 1.807) is 0 Å². The fraction of sp³-hybridized carbons (Fsp3) is 0.538. The van der Waals surface area contributed by atoms with Crippen LogP contribution in [0.5, 0.6) is 5.75 Å². The summed E-state index contributed by atoms with van der Waals surface area (Å²) in [5.41, 5.74) is -0.0918. The summed E-state index contributed by atoms with van der Waals surface area (Å²) in [6.07, 6.45) is 1.47. The molecule has 0 aromatic heterocycles. The summed E-state index contributed by atoms with van der Waals surface area (Å²) >= 11 is 0. The summed E-state index contributed by atoms with van der Waals surface area (Å²) in [4.78, 5) is 0. The first-order valence-electron chi connectivity index (χ1n) is 6.53. The summed E-state index contributed by atoms with van der Waals surface area (Å²) in [6, 6.07) is 3.92. The minimum atomic E-state index is -3.55. The summed E-state index contributed by atoms with van der Waals surface area (Å²) in [5, 5.41) is 3.11. The Morgan fingerprint density at radius 1 is 1.30 bits per heavy atom. The number of halogens is 1. The second-order valence-corrected chi connectivity index (χ2v) is 6.21. The molecule has 1 aromatic carbocycles. The number of sulfonamides is 1. The van der Waals surface area contributed by atoms with E-state index in [9.17, 15) is 12.8 Å². The first-order chi connectivity index (χ1) is 9.48. The maximum Gasteiger partial charge on any atom is 0.232 e. The third-order valence-corrected chi connectivity index (χ3v) is 3.99. The van der Waals surface area contributed by atoms with Crippen molar-refractivity contribution in [2.24, 2.45) is 0 Å². The van der Waals surface area contributed by atoms with Crippen LogP contribution in [0.2, 0.25) is 0 Å². The van der Waals surface area contributed by atoms with Gasteiger partial charge in [-0.2, -0.15) is 0 Å². The van der Waals surface area contributed by atoms with Gasteiger partial charge in [-0.25, -0.2) is 12.8 Å². The SMILES string of the molecule is CCCNCCCS(=O)(=O)Nc1cc(OC)ccc1F. The molecule has 1 rings (SSSR count). The zero-order chi connectivity index (χ0) is 15.0. The average molecular weight is 304 g/mol. The van der Waals surface area contributed by atoms with Crippen LogP contribution >= 0.6 is 0 Å². The Labute approximate surface area is 119 Å². The molecule has 0 amide bonds. The first-order valence-corrected chi connectivity index (χ1v) is 8.18. The van der Waals surface area contributed by atoms with Gasteiger partial charge >= 0.3 is 0 Å². The number of hydrogen-bond donors (Lipinski definition) is 2. The molecule has 0 unspecified atom stereocenters. The van der Waals surface area contributed by atoms with Crippen LogP contribution in [0.15, 0.2) is 18.2 Å². The fourth-order valence-electron chi connectivity index (χ4n) is 1.62. The van der Waals surface area contributed by atoms with Crippen molar-refractivity contribution in [1.29, 1.82) is 0 Å². The summed E-state index contributed by atoms with van der Waals surface area (Å²) in [6.45, 7) is 3.52. The number of nitrogens with one attached hydrogen (secondary N) is 2. The maximum absolute atomic E-state index is 13.5. The Morgan fingerprint density at radius 2 is 2.05 bits per heavy atom. The summed E-state index contributed by atoms with van der Waals surface area (Å²) in [5.74, 6) is -0.285. The van der Waals surface area contributed by atoms with E-state index < -0.39 is 15.8 Å². The molecule has 0 bridgehead atoms. The first kappa shape index (κ1) is 16.7. The Bertz CT molecular complexity index is 520. The zero-order valence-corrected chi connectivity index (χ0v) is 12.6. The Balaban J connectivity index is 2.57. The molecule has 0 radical (unpaired) electrons. The van der Waals surface area contributed by atoms with E-state index in [4.69, 9.17) is 4.74 Å². The van der Waals surface area contributed by atoms with E-state index >= 15 is 0 Å². The average Bonchev–Trinajstić information content (AvgIpc) is 2.41. The van der Waals surface area contributed by atoms with Crippen molar-refractivity contribution in [3.8, 4) is 5.75 Å². The molecule has 7 heteroatoms. The van der Waals surface area contributed by atoms with E-state index in [1.165, 1.54) is 25.3 Å². The van der Waals surface area contributed by atoms with E-state index in [0.29, 0.717) is 18.7 Å². The van der Waals surface area contributed by atoms with Crippen molar-refractivity contribution in [2.75, 3.05) is 30.7 Å². The van der Waals surface area contributed by atoms with Gasteiger partial charge in [0.05, 0.1) is 18.6 Å². The molecule has 20 heavy (non-hydrogen) atoms. The monoisotopic (exact) mass is 304 g/mol. The van der Waals surface area contributed by atoms with Gasteiger partial charge in [0.15, 0.2) is 0 Å². The normalized spacial score (nSPS) is 11.3. The van der Waals surface area contributed by atoms with E-state index in [2.05, 4.69) is 10.0 Å². The van der Waals surface area contributed by atoms with Crippen LogP contribution in [-0.4, -0.2) is 34.4 Å². The fourth-order valence-corrected chi connectivity index (χ4v) is 2.74. The second kappa shape index (κ2) is 8.06. The number of hydrogen-bond acceptors (Lipinski definition) is 4. The summed E-state index contributed by atoms with van der Waals surface area (Å²) < 4.78 is 44.4. The largest absolute Gasteiger partial charge is 0.497 e. The number of methoxy groups -OCH3 is 1. The van der Waals surface area contributed by atoms with Gasteiger partial charge in [-0.1, -0.05) is 6.92 Å². The highest BCUT2D eigenvalue weighted by molar-refractivity contribution is 7.92. The van der Waals surface area contributed by atoms with Crippen LogP contribution in [0.3, 0.4) is 0 Å². The van der Waals surface area contributed by atoms with Gasteiger partial charge in [0.2, 0.25) is 10.0 Å². The molecule has 0 atom stereocenters. The van der Waals surface area contributed by atoms with Crippen molar-refractivity contribution in [3.05, 3.63) is 24.0 Å². The van der Waals surface area contributed by atoms with Gasteiger partial charge in [0.25, 0.3) is 0 Å².